The minimum Gasteiger partial charge on any atom is -0.493 e. The van der Waals surface area contributed by atoms with Crippen molar-refractivity contribution in [3.05, 3.63) is 29.8 Å². The van der Waals surface area contributed by atoms with Gasteiger partial charge in [-0.2, -0.15) is 0 Å². The number of carbonyl (C=O) groups excluding carboxylic acids is 1. The Morgan fingerprint density at radius 3 is 2.85 bits per heavy atom. The molecule has 2 unspecified atom stereocenters. The van der Waals surface area contributed by atoms with Gasteiger partial charge in [0, 0.05) is 12.0 Å². The number of alkyl carbamates (subject to hydrolysis) is 1. The van der Waals surface area contributed by atoms with Gasteiger partial charge in [-0.3, -0.25) is 4.99 Å². The summed E-state index contributed by atoms with van der Waals surface area (Å²) in [6.45, 7) is 7.37. The number of halogens is 1. The first-order valence-electron chi connectivity index (χ1n) is 9.21. The van der Waals surface area contributed by atoms with Gasteiger partial charge >= 0.3 is 6.09 Å². The summed E-state index contributed by atoms with van der Waals surface area (Å²) in [6, 6.07) is 7.89. The van der Waals surface area contributed by atoms with E-state index in [1.54, 1.807) is 6.92 Å². The fourth-order valence-electron chi connectivity index (χ4n) is 3.01. The predicted molar refractivity (Wildman–Crippen MR) is 118 cm³/mol. The average molecular weight is 490 g/mol. The lowest BCUT2D eigenvalue weighted by molar-refractivity contribution is 0.147. The number of benzene rings is 1. The summed E-state index contributed by atoms with van der Waals surface area (Å²) in [4.78, 5) is 16.1. The van der Waals surface area contributed by atoms with Gasteiger partial charge in [0.2, 0.25) is 0 Å². The third kappa shape index (κ3) is 7.82. The van der Waals surface area contributed by atoms with Crippen LogP contribution in [0.5, 0.6) is 5.75 Å². The van der Waals surface area contributed by atoms with Crippen molar-refractivity contribution in [2.75, 3.05) is 19.8 Å². The standard InChI is InChI=1S/C19H30N4O3.HI/c1-4-25-19(24)22-14(11-13(2)3)12-21-18(20)23-16-9-10-26-17-8-6-5-7-15(16)17;/h5-8,13-14,16H,4,9-12H2,1-3H3,(H,22,24)(H3,20,21,23);1H. The molecule has 1 aliphatic rings. The number of guanidine groups is 1. The molecule has 0 bridgehead atoms. The summed E-state index contributed by atoms with van der Waals surface area (Å²) in [5, 5.41) is 6.12. The summed E-state index contributed by atoms with van der Waals surface area (Å²) in [5.41, 5.74) is 7.17. The number of aliphatic imine (C=N–C) groups is 1. The van der Waals surface area contributed by atoms with Gasteiger partial charge in [0.15, 0.2) is 5.96 Å². The molecule has 0 aromatic heterocycles. The number of hydrogen-bond donors (Lipinski definition) is 3. The van der Waals surface area contributed by atoms with Gasteiger partial charge in [0.1, 0.15) is 5.75 Å². The van der Waals surface area contributed by atoms with E-state index in [2.05, 4.69) is 29.5 Å². The van der Waals surface area contributed by atoms with E-state index >= 15 is 0 Å². The fourth-order valence-corrected chi connectivity index (χ4v) is 3.01. The lowest BCUT2D eigenvalue weighted by atomic mass is 10.0. The number of ether oxygens (including phenoxy) is 2. The number of rotatable bonds is 7. The smallest absolute Gasteiger partial charge is 0.407 e. The van der Waals surface area contributed by atoms with Crippen molar-refractivity contribution in [2.45, 2.75) is 45.7 Å². The van der Waals surface area contributed by atoms with Crippen molar-refractivity contribution in [1.29, 1.82) is 0 Å². The second-order valence-electron chi connectivity index (χ2n) is 6.79. The lowest BCUT2D eigenvalue weighted by Crippen LogP contribution is -2.41. The van der Waals surface area contributed by atoms with Crippen LogP contribution in [-0.2, 0) is 4.74 Å². The van der Waals surface area contributed by atoms with Crippen LogP contribution in [0.3, 0.4) is 0 Å². The maximum absolute atomic E-state index is 11.7. The van der Waals surface area contributed by atoms with Crippen molar-refractivity contribution in [1.82, 2.24) is 10.6 Å². The third-order valence-electron chi connectivity index (χ3n) is 4.12. The SMILES string of the molecule is CCOC(=O)NC(CN=C(N)NC1CCOc2ccccc21)CC(C)C.I. The van der Waals surface area contributed by atoms with Crippen LogP contribution in [0.2, 0.25) is 0 Å². The topological polar surface area (TPSA) is 98.0 Å². The molecule has 2 atom stereocenters. The molecule has 0 saturated heterocycles. The number of nitrogens with two attached hydrogens (primary N) is 1. The van der Waals surface area contributed by atoms with E-state index < -0.39 is 6.09 Å². The third-order valence-corrected chi connectivity index (χ3v) is 4.12. The molecule has 152 valence electrons. The molecule has 7 nitrogen and oxygen atoms in total. The molecule has 27 heavy (non-hydrogen) atoms. The Morgan fingerprint density at radius 2 is 2.15 bits per heavy atom. The summed E-state index contributed by atoms with van der Waals surface area (Å²) in [5.74, 6) is 1.67. The highest BCUT2D eigenvalue weighted by atomic mass is 127. The lowest BCUT2D eigenvalue weighted by Gasteiger charge is -2.27. The Hall–Kier alpha value is -1.71. The largest absolute Gasteiger partial charge is 0.493 e. The van der Waals surface area contributed by atoms with Crippen LogP contribution in [0, 0.1) is 5.92 Å². The van der Waals surface area contributed by atoms with Crippen LogP contribution >= 0.6 is 24.0 Å². The number of amides is 1. The zero-order chi connectivity index (χ0) is 18.9. The molecule has 1 aromatic rings. The van der Waals surface area contributed by atoms with Crippen LogP contribution in [0.4, 0.5) is 4.79 Å². The molecule has 0 aliphatic carbocycles. The van der Waals surface area contributed by atoms with Crippen molar-refractivity contribution in [2.24, 2.45) is 16.6 Å². The van der Waals surface area contributed by atoms with Crippen LogP contribution in [0.1, 0.15) is 45.2 Å². The highest BCUT2D eigenvalue weighted by Crippen LogP contribution is 2.31. The molecule has 8 heteroatoms. The summed E-state index contributed by atoms with van der Waals surface area (Å²) < 4.78 is 10.6. The first-order chi connectivity index (χ1) is 12.5. The average Bonchev–Trinajstić information content (AvgIpc) is 2.60. The molecule has 0 spiro atoms. The van der Waals surface area contributed by atoms with E-state index in [0.717, 1.165) is 24.2 Å². The summed E-state index contributed by atoms with van der Waals surface area (Å²) >= 11 is 0. The van der Waals surface area contributed by atoms with E-state index in [1.165, 1.54) is 0 Å². The van der Waals surface area contributed by atoms with Crippen molar-refractivity contribution in [3.63, 3.8) is 0 Å². The van der Waals surface area contributed by atoms with Gasteiger partial charge in [-0.05, 0) is 25.3 Å². The zero-order valence-electron chi connectivity index (χ0n) is 16.2. The van der Waals surface area contributed by atoms with Gasteiger partial charge in [-0.25, -0.2) is 4.79 Å². The molecule has 1 amide bonds. The zero-order valence-corrected chi connectivity index (χ0v) is 18.6. The van der Waals surface area contributed by atoms with Gasteiger partial charge in [0.05, 0.1) is 31.8 Å². The van der Waals surface area contributed by atoms with E-state index in [-0.39, 0.29) is 36.1 Å². The van der Waals surface area contributed by atoms with Gasteiger partial charge in [-0.1, -0.05) is 32.0 Å². The van der Waals surface area contributed by atoms with E-state index in [0.29, 0.717) is 31.6 Å². The fraction of sp³-hybridized carbons (Fsp3) is 0.579. The quantitative estimate of drug-likeness (QED) is 0.310. The highest BCUT2D eigenvalue weighted by molar-refractivity contribution is 14.0. The second kappa shape index (κ2) is 11.9. The first-order valence-corrected chi connectivity index (χ1v) is 9.21. The molecule has 1 aromatic carbocycles. The Bertz CT molecular complexity index is 625. The van der Waals surface area contributed by atoms with Crippen LogP contribution in [0.15, 0.2) is 29.3 Å². The summed E-state index contributed by atoms with van der Waals surface area (Å²) in [6.07, 6.45) is 1.21. The Labute approximate surface area is 178 Å². The Balaban J connectivity index is 0.00000364. The van der Waals surface area contributed by atoms with Crippen LogP contribution in [-0.4, -0.2) is 37.9 Å². The van der Waals surface area contributed by atoms with Crippen LogP contribution < -0.4 is 21.1 Å². The minimum absolute atomic E-state index is 0. The van der Waals surface area contributed by atoms with Crippen molar-refractivity contribution >= 4 is 36.0 Å². The highest BCUT2D eigenvalue weighted by Gasteiger charge is 2.21. The van der Waals surface area contributed by atoms with Crippen LogP contribution in [0.25, 0.3) is 0 Å². The monoisotopic (exact) mass is 490 g/mol. The molecular weight excluding hydrogens is 459 g/mol. The Morgan fingerprint density at radius 1 is 1.41 bits per heavy atom. The predicted octanol–water partition coefficient (Wildman–Crippen LogP) is 3.19. The number of nitrogens with zero attached hydrogens (tertiary/aromatic N) is 1. The van der Waals surface area contributed by atoms with Crippen molar-refractivity contribution in [3.8, 4) is 5.75 Å². The molecule has 4 N–H and O–H groups in total. The molecule has 1 aliphatic heterocycles. The molecule has 0 saturated carbocycles. The van der Waals surface area contributed by atoms with E-state index in [4.69, 9.17) is 15.2 Å². The Kier molecular flexibility index (Phi) is 10.3. The minimum atomic E-state index is -0.418. The normalized spacial score (nSPS) is 17.2. The molecule has 2 rings (SSSR count). The maximum Gasteiger partial charge on any atom is 0.407 e. The number of carbonyl (C=O) groups is 1. The number of hydrogen-bond acceptors (Lipinski definition) is 4. The second-order valence-corrected chi connectivity index (χ2v) is 6.79. The molecule has 0 radical (unpaired) electrons. The maximum atomic E-state index is 11.7. The van der Waals surface area contributed by atoms with Gasteiger partial charge in [-0.15, -0.1) is 24.0 Å². The number of nitrogens with one attached hydrogen (secondary N) is 2. The van der Waals surface area contributed by atoms with Gasteiger partial charge in [0.25, 0.3) is 0 Å². The number of fused-ring (bicyclic) bond motifs is 1. The molecule has 0 fully saturated rings. The summed E-state index contributed by atoms with van der Waals surface area (Å²) in [7, 11) is 0. The first kappa shape index (κ1) is 23.3. The molecule has 1 heterocycles. The molecular formula is C19H31IN4O3. The number of para-hydroxylation sites is 1. The van der Waals surface area contributed by atoms with E-state index in [9.17, 15) is 4.79 Å². The van der Waals surface area contributed by atoms with Gasteiger partial charge < -0.3 is 25.8 Å². The van der Waals surface area contributed by atoms with E-state index in [1.807, 2.05) is 24.3 Å². The van der Waals surface area contributed by atoms with Crippen molar-refractivity contribution < 1.29 is 14.3 Å².